The summed E-state index contributed by atoms with van der Waals surface area (Å²) in [6.07, 6.45) is 0. The van der Waals surface area contributed by atoms with Crippen LogP contribution >= 0.6 is 0 Å². The van der Waals surface area contributed by atoms with Gasteiger partial charge < -0.3 is 9.14 Å². The highest BCUT2D eigenvalue weighted by molar-refractivity contribution is 6.00. The number of pyridine rings is 2. The molecule has 4 heteroatoms. The topological polar surface area (TPSA) is 47.8 Å². The molecule has 0 aliphatic rings. The summed E-state index contributed by atoms with van der Waals surface area (Å²) in [6, 6.07) is 10.4. The van der Waals surface area contributed by atoms with Gasteiger partial charge in [-0.15, -0.1) is 0 Å². The van der Waals surface area contributed by atoms with Crippen molar-refractivity contribution in [2.45, 2.75) is 6.92 Å². The molecular formula is C14H11NO3. The van der Waals surface area contributed by atoms with Crippen molar-refractivity contribution >= 4 is 22.5 Å². The molecule has 0 aliphatic heterocycles. The van der Waals surface area contributed by atoms with Crippen LogP contribution in [0.4, 0.5) is 0 Å². The lowest BCUT2D eigenvalue weighted by Gasteiger charge is -2.02. The van der Waals surface area contributed by atoms with Crippen LogP contribution in [0.3, 0.4) is 0 Å². The number of rotatable bonds is 2. The molecule has 0 atom stereocenters. The van der Waals surface area contributed by atoms with E-state index >= 15 is 0 Å². The van der Waals surface area contributed by atoms with Crippen molar-refractivity contribution in [1.82, 2.24) is 4.40 Å². The third-order valence-electron chi connectivity index (χ3n) is 2.97. The Kier molecular flexibility index (Phi) is 2.30. The van der Waals surface area contributed by atoms with Crippen molar-refractivity contribution in [1.29, 1.82) is 0 Å². The van der Waals surface area contributed by atoms with Gasteiger partial charge >= 0.3 is 5.97 Å². The lowest BCUT2D eigenvalue weighted by Crippen LogP contribution is -2.04. The smallest absolute Gasteiger partial charge is 0.340 e. The molecule has 0 spiro atoms. The highest BCUT2D eigenvalue weighted by atomic mass is 16.5. The maximum atomic E-state index is 11.9. The molecule has 0 N–H and O–H groups in total. The van der Waals surface area contributed by atoms with Crippen LogP contribution in [-0.2, 0) is 4.74 Å². The number of nitrogens with zero attached hydrogens (tertiary/aromatic N) is 1. The van der Waals surface area contributed by atoms with E-state index in [4.69, 9.17) is 4.74 Å². The summed E-state index contributed by atoms with van der Waals surface area (Å²) in [4.78, 5) is 23.7. The molecule has 3 rings (SSSR count). The van der Waals surface area contributed by atoms with Crippen LogP contribution in [-0.4, -0.2) is 17.0 Å². The summed E-state index contributed by atoms with van der Waals surface area (Å²) in [7, 11) is 0. The molecule has 0 amide bonds. The minimum atomic E-state index is -0.395. The fraction of sp³-hybridized carbons (Fsp3) is 0.143. The Hall–Kier alpha value is -2.36. The molecule has 0 aliphatic carbocycles. The number of hydrogen-bond donors (Lipinski definition) is 0. The molecule has 0 saturated heterocycles. The SMILES string of the molecule is CCOC(=O)c1cc2c(=O)ccc3cccc1n32. The predicted octanol–water partition coefficient (Wildman–Crippen LogP) is 2.07. The largest absolute Gasteiger partial charge is 0.462 e. The summed E-state index contributed by atoms with van der Waals surface area (Å²) >= 11 is 0. The molecule has 0 radical (unpaired) electrons. The Bertz CT molecular complexity index is 788. The second kappa shape index (κ2) is 3.84. The van der Waals surface area contributed by atoms with E-state index in [2.05, 4.69) is 0 Å². The van der Waals surface area contributed by atoms with Gasteiger partial charge in [-0.05, 0) is 37.3 Å². The first-order chi connectivity index (χ1) is 8.72. The van der Waals surface area contributed by atoms with Crippen LogP contribution in [0.25, 0.3) is 16.6 Å². The van der Waals surface area contributed by atoms with Crippen LogP contribution < -0.4 is 5.43 Å². The summed E-state index contributed by atoms with van der Waals surface area (Å²) in [5.74, 6) is -0.395. The Morgan fingerprint density at radius 2 is 2.06 bits per heavy atom. The third kappa shape index (κ3) is 1.39. The zero-order chi connectivity index (χ0) is 12.7. The first kappa shape index (κ1) is 10.8. The number of esters is 1. The molecule has 0 saturated carbocycles. The molecule has 0 fully saturated rings. The van der Waals surface area contributed by atoms with Crippen molar-refractivity contribution in [3.05, 3.63) is 52.2 Å². The van der Waals surface area contributed by atoms with Gasteiger partial charge in [0.25, 0.3) is 0 Å². The van der Waals surface area contributed by atoms with Crippen molar-refractivity contribution < 1.29 is 9.53 Å². The van der Waals surface area contributed by atoms with E-state index in [1.807, 2.05) is 18.2 Å². The Morgan fingerprint density at radius 1 is 1.22 bits per heavy atom. The van der Waals surface area contributed by atoms with Gasteiger partial charge in [-0.1, -0.05) is 6.07 Å². The third-order valence-corrected chi connectivity index (χ3v) is 2.97. The summed E-state index contributed by atoms with van der Waals surface area (Å²) in [5.41, 5.74) is 2.44. The summed E-state index contributed by atoms with van der Waals surface area (Å²) < 4.78 is 6.79. The second-order valence-electron chi connectivity index (χ2n) is 4.03. The molecule has 3 aromatic heterocycles. The monoisotopic (exact) mass is 241 g/mol. The van der Waals surface area contributed by atoms with Crippen LogP contribution in [0.15, 0.2) is 41.2 Å². The van der Waals surface area contributed by atoms with Gasteiger partial charge in [0.2, 0.25) is 5.43 Å². The van der Waals surface area contributed by atoms with Crippen LogP contribution in [0, 0.1) is 0 Å². The zero-order valence-corrected chi connectivity index (χ0v) is 9.84. The molecule has 0 bridgehead atoms. The van der Waals surface area contributed by atoms with E-state index in [1.165, 1.54) is 6.07 Å². The minimum Gasteiger partial charge on any atom is -0.462 e. The number of hydrogen-bond acceptors (Lipinski definition) is 3. The maximum Gasteiger partial charge on any atom is 0.340 e. The highest BCUT2D eigenvalue weighted by Crippen LogP contribution is 2.20. The molecule has 4 nitrogen and oxygen atoms in total. The Morgan fingerprint density at radius 3 is 2.83 bits per heavy atom. The van der Waals surface area contributed by atoms with E-state index in [1.54, 1.807) is 23.5 Å². The lowest BCUT2D eigenvalue weighted by atomic mass is 10.2. The van der Waals surface area contributed by atoms with E-state index in [0.717, 1.165) is 5.52 Å². The molecule has 3 aromatic rings. The van der Waals surface area contributed by atoms with E-state index in [9.17, 15) is 9.59 Å². The van der Waals surface area contributed by atoms with E-state index in [-0.39, 0.29) is 5.43 Å². The van der Waals surface area contributed by atoms with Gasteiger partial charge in [-0.2, -0.15) is 0 Å². The number of aromatic nitrogens is 1. The predicted molar refractivity (Wildman–Crippen MR) is 68.3 cm³/mol. The number of ether oxygens (including phenoxy) is 1. The van der Waals surface area contributed by atoms with Crippen molar-refractivity contribution in [2.75, 3.05) is 6.61 Å². The normalized spacial score (nSPS) is 11.2. The number of carbonyl (C=O) groups excluding carboxylic acids is 1. The van der Waals surface area contributed by atoms with Gasteiger partial charge in [0.05, 0.1) is 23.2 Å². The fourth-order valence-electron chi connectivity index (χ4n) is 2.21. The standard InChI is InChI=1S/C14H11NO3/c1-2-18-14(17)10-8-12-13(16)7-6-9-4-3-5-11(10)15(9)12/h3-8H,2H2,1H3. The van der Waals surface area contributed by atoms with Crippen LogP contribution in [0.1, 0.15) is 17.3 Å². The van der Waals surface area contributed by atoms with E-state index < -0.39 is 5.97 Å². The quantitative estimate of drug-likeness (QED) is 0.645. The number of carbonyl (C=O) groups is 1. The molecule has 18 heavy (non-hydrogen) atoms. The maximum absolute atomic E-state index is 11.9. The lowest BCUT2D eigenvalue weighted by molar-refractivity contribution is 0.0529. The first-order valence-electron chi connectivity index (χ1n) is 5.76. The highest BCUT2D eigenvalue weighted by Gasteiger charge is 2.16. The minimum absolute atomic E-state index is 0.0979. The molecular weight excluding hydrogens is 230 g/mol. The van der Waals surface area contributed by atoms with Gasteiger partial charge in [0, 0.05) is 5.52 Å². The first-order valence-corrected chi connectivity index (χ1v) is 5.76. The van der Waals surface area contributed by atoms with Gasteiger partial charge in [0.1, 0.15) is 0 Å². The van der Waals surface area contributed by atoms with Crippen LogP contribution in [0.2, 0.25) is 0 Å². The van der Waals surface area contributed by atoms with Crippen molar-refractivity contribution in [3.8, 4) is 0 Å². The van der Waals surface area contributed by atoms with Crippen molar-refractivity contribution in [2.24, 2.45) is 0 Å². The average Bonchev–Trinajstić information content (AvgIpc) is 2.76. The molecule has 0 unspecified atom stereocenters. The fourth-order valence-corrected chi connectivity index (χ4v) is 2.21. The molecule has 0 aromatic carbocycles. The zero-order valence-electron chi connectivity index (χ0n) is 9.84. The summed E-state index contributed by atoms with van der Waals surface area (Å²) in [5, 5.41) is 0. The Labute approximate surface area is 103 Å². The van der Waals surface area contributed by atoms with Gasteiger partial charge in [-0.3, -0.25) is 4.79 Å². The van der Waals surface area contributed by atoms with Gasteiger partial charge in [-0.25, -0.2) is 4.79 Å². The summed E-state index contributed by atoms with van der Waals surface area (Å²) in [6.45, 7) is 2.07. The molecule has 3 heterocycles. The van der Waals surface area contributed by atoms with Crippen molar-refractivity contribution in [3.63, 3.8) is 0 Å². The molecule has 90 valence electrons. The van der Waals surface area contributed by atoms with E-state index in [0.29, 0.717) is 23.2 Å². The average molecular weight is 241 g/mol. The Balaban J connectivity index is 2.41. The van der Waals surface area contributed by atoms with Crippen LogP contribution in [0.5, 0.6) is 0 Å². The van der Waals surface area contributed by atoms with Gasteiger partial charge in [0.15, 0.2) is 0 Å². The second-order valence-corrected chi connectivity index (χ2v) is 4.03.